The summed E-state index contributed by atoms with van der Waals surface area (Å²) in [5, 5.41) is 12.3. The van der Waals surface area contributed by atoms with Crippen molar-refractivity contribution in [1.29, 1.82) is 0 Å². The van der Waals surface area contributed by atoms with E-state index < -0.39 is 15.4 Å². The number of hydrogen-bond acceptors (Lipinski definition) is 5. The van der Waals surface area contributed by atoms with Gasteiger partial charge in [-0.25, -0.2) is 13.1 Å². The van der Waals surface area contributed by atoms with Crippen LogP contribution in [0.3, 0.4) is 0 Å². The third-order valence-corrected chi connectivity index (χ3v) is 4.49. The molecule has 0 saturated heterocycles. The fraction of sp³-hybridized carbons (Fsp3) is 0.692. The highest BCUT2D eigenvalue weighted by Gasteiger charge is 2.25. The molecule has 1 aliphatic rings. The van der Waals surface area contributed by atoms with Gasteiger partial charge in [0, 0.05) is 24.6 Å². The average molecular weight is 302 g/mol. The quantitative estimate of drug-likeness (QED) is 0.661. The highest BCUT2D eigenvalue weighted by atomic mass is 32.2. The van der Waals surface area contributed by atoms with Crippen LogP contribution in [0.2, 0.25) is 0 Å². The van der Waals surface area contributed by atoms with E-state index in [0.717, 1.165) is 0 Å². The number of rotatable bonds is 8. The first-order valence-corrected chi connectivity index (χ1v) is 8.23. The van der Waals surface area contributed by atoms with Crippen molar-refractivity contribution >= 4 is 10.0 Å². The molecule has 114 valence electrons. The van der Waals surface area contributed by atoms with Crippen molar-refractivity contribution in [3.63, 3.8) is 0 Å². The van der Waals surface area contributed by atoms with E-state index in [0.29, 0.717) is 18.3 Å². The van der Waals surface area contributed by atoms with Crippen molar-refractivity contribution in [2.75, 3.05) is 13.2 Å². The number of aliphatic hydroxyl groups excluding tert-OH is 1. The maximum Gasteiger partial charge on any atom is 0.273 e. The average Bonchev–Trinajstić information content (AvgIpc) is 3.10. The SMILES string of the molecule is CC(C)(CO)CNS(=O)(=O)c1ccc(CNC2CC2)o1. The molecule has 0 radical (unpaired) electrons. The Morgan fingerprint density at radius 2 is 2.10 bits per heavy atom. The van der Waals surface area contributed by atoms with Crippen LogP contribution < -0.4 is 10.0 Å². The topological polar surface area (TPSA) is 91.6 Å². The zero-order valence-corrected chi connectivity index (χ0v) is 12.7. The van der Waals surface area contributed by atoms with Crippen LogP contribution in [0.25, 0.3) is 0 Å². The van der Waals surface area contributed by atoms with Crippen molar-refractivity contribution in [2.24, 2.45) is 5.41 Å². The van der Waals surface area contributed by atoms with E-state index in [1.165, 1.54) is 18.9 Å². The summed E-state index contributed by atoms with van der Waals surface area (Å²) in [6, 6.07) is 3.67. The second-order valence-corrected chi connectivity index (χ2v) is 7.72. The van der Waals surface area contributed by atoms with Crippen LogP contribution in [0.15, 0.2) is 21.6 Å². The van der Waals surface area contributed by atoms with Gasteiger partial charge in [0.25, 0.3) is 10.0 Å². The molecule has 0 unspecified atom stereocenters. The predicted octanol–water partition coefficient (Wildman–Crippen LogP) is 0.828. The summed E-state index contributed by atoms with van der Waals surface area (Å²) in [6.45, 7) is 4.17. The highest BCUT2D eigenvalue weighted by Crippen LogP contribution is 2.21. The predicted molar refractivity (Wildman–Crippen MR) is 74.6 cm³/mol. The van der Waals surface area contributed by atoms with Crippen LogP contribution >= 0.6 is 0 Å². The molecule has 2 rings (SSSR count). The lowest BCUT2D eigenvalue weighted by Crippen LogP contribution is -2.35. The Balaban J connectivity index is 1.94. The minimum absolute atomic E-state index is 0.0844. The summed E-state index contributed by atoms with van der Waals surface area (Å²) in [6.07, 6.45) is 2.34. The van der Waals surface area contributed by atoms with E-state index in [1.807, 2.05) is 0 Å². The summed E-state index contributed by atoms with van der Waals surface area (Å²) in [5.74, 6) is 0.610. The molecule has 1 aliphatic carbocycles. The van der Waals surface area contributed by atoms with E-state index in [4.69, 9.17) is 9.52 Å². The minimum atomic E-state index is -3.66. The van der Waals surface area contributed by atoms with E-state index in [1.54, 1.807) is 19.9 Å². The van der Waals surface area contributed by atoms with E-state index in [-0.39, 0.29) is 18.2 Å². The molecule has 1 fully saturated rings. The van der Waals surface area contributed by atoms with Gasteiger partial charge >= 0.3 is 0 Å². The largest absolute Gasteiger partial charge is 0.447 e. The number of sulfonamides is 1. The summed E-state index contributed by atoms with van der Waals surface area (Å²) in [5.41, 5.74) is -0.504. The maximum absolute atomic E-state index is 12.1. The summed E-state index contributed by atoms with van der Waals surface area (Å²) in [4.78, 5) is 0. The van der Waals surface area contributed by atoms with Crippen LogP contribution in [0, 0.1) is 5.41 Å². The van der Waals surface area contributed by atoms with Crippen molar-refractivity contribution in [1.82, 2.24) is 10.0 Å². The Morgan fingerprint density at radius 3 is 2.70 bits per heavy atom. The number of furan rings is 1. The number of nitrogens with one attached hydrogen (secondary N) is 2. The van der Waals surface area contributed by atoms with Gasteiger partial charge in [-0.15, -0.1) is 0 Å². The summed E-state index contributed by atoms with van der Waals surface area (Å²) >= 11 is 0. The van der Waals surface area contributed by atoms with Crippen LogP contribution in [0.1, 0.15) is 32.4 Å². The van der Waals surface area contributed by atoms with Gasteiger partial charge in [0.05, 0.1) is 6.54 Å². The molecule has 6 nitrogen and oxygen atoms in total. The normalized spacial score (nSPS) is 16.6. The van der Waals surface area contributed by atoms with Gasteiger partial charge in [-0.2, -0.15) is 0 Å². The van der Waals surface area contributed by atoms with Gasteiger partial charge in [-0.1, -0.05) is 13.8 Å². The molecule has 1 saturated carbocycles. The molecule has 0 aliphatic heterocycles. The molecular weight excluding hydrogens is 280 g/mol. The number of aliphatic hydroxyl groups is 1. The van der Waals surface area contributed by atoms with E-state index >= 15 is 0 Å². The molecule has 1 heterocycles. The van der Waals surface area contributed by atoms with Crippen molar-refractivity contribution < 1.29 is 17.9 Å². The molecule has 0 spiro atoms. The van der Waals surface area contributed by atoms with Gasteiger partial charge < -0.3 is 14.8 Å². The van der Waals surface area contributed by atoms with Crippen LogP contribution in [-0.2, 0) is 16.6 Å². The zero-order chi connectivity index (χ0) is 14.8. The lowest BCUT2D eigenvalue weighted by molar-refractivity contribution is 0.163. The van der Waals surface area contributed by atoms with Gasteiger partial charge in [0.15, 0.2) is 0 Å². The van der Waals surface area contributed by atoms with Crippen molar-refractivity contribution in [3.05, 3.63) is 17.9 Å². The first-order valence-electron chi connectivity index (χ1n) is 6.75. The third kappa shape index (κ3) is 4.31. The second kappa shape index (κ2) is 5.85. The molecule has 0 amide bonds. The van der Waals surface area contributed by atoms with Crippen molar-refractivity contribution in [2.45, 2.75) is 44.4 Å². The first kappa shape index (κ1) is 15.5. The Bertz CT molecular complexity index is 546. The number of hydrogen-bond donors (Lipinski definition) is 3. The van der Waals surface area contributed by atoms with Crippen molar-refractivity contribution in [3.8, 4) is 0 Å². The second-order valence-electron chi connectivity index (χ2n) is 6.02. The van der Waals surface area contributed by atoms with Gasteiger partial charge in [-0.05, 0) is 25.0 Å². The minimum Gasteiger partial charge on any atom is -0.447 e. The van der Waals surface area contributed by atoms with Gasteiger partial charge in [0.2, 0.25) is 5.09 Å². The fourth-order valence-corrected chi connectivity index (χ4v) is 2.73. The molecule has 0 bridgehead atoms. The lowest BCUT2D eigenvalue weighted by atomic mass is 9.96. The molecular formula is C13H22N2O4S. The molecule has 3 N–H and O–H groups in total. The summed E-state index contributed by atoms with van der Waals surface area (Å²) in [7, 11) is -3.66. The smallest absolute Gasteiger partial charge is 0.273 e. The zero-order valence-electron chi connectivity index (χ0n) is 11.8. The standard InChI is InChI=1S/C13H22N2O4S/c1-13(2,9-16)8-15-20(17,18)12-6-5-11(19-12)7-14-10-3-4-10/h5-6,10,14-16H,3-4,7-9H2,1-2H3. The van der Waals surface area contributed by atoms with E-state index in [9.17, 15) is 8.42 Å². The Hall–Kier alpha value is -0.890. The first-order chi connectivity index (χ1) is 9.32. The Labute approximate surface area is 119 Å². The highest BCUT2D eigenvalue weighted by molar-refractivity contribution is 7.89. The molecule has 1 aromatic heterocycles. The van der Waals surface area contributed by atoms with Crippen LogP contribution in [0.5, 0.6) is 0 Å². The van der Waals surface area contributed by atoms with Crippen LogP contribution in [0.4, 0.5) is 0 Å². The molecule has 0 aromatic carbocycles. The molecule has 1 aromatic rings. The van der Waals surface area contributed by atoms with Gasteiger partial charge in [-0.3, -0.25) is 0 Å². The third-order valence-electron chi connectivity index (χ3n) is 3.21. The maximum atomic E-state index is 12.1. The fourth-order valence-electron chi connectivity index (χ4n) is 1.55. The molecule has 7 heteroatoms. The Morgan fingerprint density at radius 1 is 1.40 bits per heavy atom. The lowest BCUT2D eigenvalue weighted by Gasteiger charge is -2.21. The molecule has 20 heavy (non-hydrogen) atoms. The monoisotopic (exact) mass is 302 g/mol. The van der Waals surface area contributed by atoms with Gasteiger partial charge in [0.1, 0.15) is 5.76 Å². The summed E-state index contributed by atoms with van der Waals surface area (Å²) < 4.78 is 31.9. The van der Waals surface area contributed by atoms with Crippen LogP contribution in [-0.4, -0.2) is 32.7 Å². The Kier molecular flexibility index (Phi) is 4.53. The molecule has 0 atom stereocenters. The van der Waals surface area contributed by atoms with E-state index in [2.05, 4.69) is 10.0 Å².